The zero-order chi connectivity index (χ0) is 14.5. The average Bonchev–Trinajstić information content (AvgIpc) is 2.90. The largest absolute Gasteiger partial charge is 0.309 e. The smallest absolute Gasteiger partial charge is 0.0366 e. The molecule has 0 saturated carbocycles. The third-order valence-corrected chi connectivity index (χ3v) is 5.89. The molecule has 0 aromatic heterocycles. The van der Waals surface area contributed by atoms with Gasteiger partial charge in [0.15, 0.2) is 0 Å². The molecule has 0 bridgehead atoms. The molecule has 2 aromatic carbocycles. The van der Waals surface area contributed by atoms with Gasteiger partial charge in [0.2, 0.25) is 0 Å². The molecule has 2 heterocycles. The molecule has 2 aromatic rings. The lowest BCUT2D eigenvalue weighted by Gasteiger charge is -2.32. The minimum atomic E-state index is 0.700. The van der Waals surface area contributed by atoms with Gasteiger partial charge in [-0.3, -0.25) is 0 Å². The van der Waals surface area contributed by atoms with E-state index in [9.17, 15) is 0 Å². The summed E-state index contributed by atoms with van der Waals surface area (Å²) in [6.45, 7) is 2.44. The van der Waals surface area contributed by atoms with Crippen molar-refractivity contribution in [3.8, 4) is 0 Å². The second-order valence-corrected chi connectivity index (χ2v) is 7.10. The summed E-state index contributed by atoms with van der Waals surface area (Å²) in [6.07, 6.45) is 2.60. The molecule has 22 heavy (non-hydrogen) atoms. The summed E-state index contributed by atoms with van der Waals surface area (Å²) >= 11 is 0. The summed E-state index contributed by atoms with van der Waals surface area (Å²) in [7, 11) is 0. The maximum absolute atomic E-state index is 3.46. The van der Waals surface area contributed by atoms with Gasteiger partial charge < -0.3 is 10.6 Å². The van der Waals surface area contributed by atoms with Gasteiger partial charge in [0.05, 0.1) is 0 Å². The summed E-state index contributed by atoms with van der Waals surface area (Å²) < 4.78 is 0. The number of fused-ring (bicyclic) bond motifs is 6. The third-order valence-electron chi connectivity index (χ3n) is 5.89. The zero-order valence-corrected chi connectivity index (χ0v) is 12.8. The van der Waals surface area contributed by atoms with E-state index in [2.05, 4.69) is 59.2 Å². The first-order valence-corrected chi connectivity index (χ1v) is 8.52. The van der Waals surface area contributed by atoms with Crippen LogP contribution in [0.2, 0.25) is 0 Å². The van der Waals surface area contributed by atoms with Crippen molar-refractivity contribution in [2.24, 2.45) is 11.8 Å². The monoisotopic (exact) mass is 290 g/mol. The second kappa shape index (κ2) is 4.94. The van der Waals surface area contributed by atoms with E-state index >= 15 is 0 Å². The Balaban J connectivity index is 0.000000102. The Kier molecular flexibility index (Phi) is 2.89. The van der Waals surface area contributed by atoms with Crippen LogP contribution < -0.4 is 10.6 Å². The molecule has 4 atom stereocenters. The van der Waals surface area contributed by atoms with Crippen molar-refractivity contribution in [1.29, 1.82) is 0 Å². The molecule has 2 saturated heterocycles. The number of hydrogen-bond acceptors (Lipinski definition) is 2. The molecule has 0 amide bonds. The van der Waals surface area contributed by atoms with E-state index in [1.807, 2.05) is 0 Å². The fourth-order valence-corrected chi connectivity index (χ4v) is 4.52. The Morgan fingerprint density at radius 3 is 1.50 bits per heavy atom. The molecule has 112 valence electrons. The summed E-state index contributed by atoms with van der Waals surface area (Å²) in [5.41, 5.74) is 6.22. The normalized spacial score (nSPS) is 32.4. The summed E-state index contributed by atoms with van der Waals surface area (Å²) in [4.78, 5) is 0. The van der Waals surface area contributed by atoms with E-state index in [0.717, 1.165) is 11.8 Å². The van der Waals surface area contributed by atoms with Crippen LogP contribution in [0.3, 0.4) is 0 Å². The fourth-order valence-electron chi connectivity index (χ4n) is 4.52. The van der Waals surface area contributed by atoms with Crippen LogP contribution in [0.5, 0.6) is 0 Å². The zero-order valence-electron chi connectivity index (χ0n) is 12.8. The van der Waals surface area contributed by atoms with Crippen LogP contribution in [0.1, 0.15) is 34.3 Å². The minimum Gasteiger partial charge on any atom is -0.309 e. The Morgan fingerprint density at radius 2 is 1.09 bits per heavy atom. The first kappa shape index (κ1) is 12.9. The Labute approximate surface area is 131 Å². The summed E-state index contributed by atoms with van der Waals surface area (Å²) in [6, 6.07) is 19.0. The highest BCUT2D eigenvalue weighted by Gasteiger charge is 2.38. The molecule has 2 heteroatoms. The lowest BCUT2D eigenvalue weighted by molar-refractivity contribution is 0.260. The van der Waals surface area contributed by atoms with E-state index in [1.54, 1.807) is 22.3 Å². The van der Waals surface area contributed by atoms with Crippen molar-refractivity contribution >= 4 is 0 Å². The van der Waals surface area contributed by atoms with Crippen LogP contribution in [0.25, 0.3) is 0 Å². The topological polar surface area (TPSA) is 24.1 Å². The van der Waals surface area contributed by atoms with Crippen LogP contribution in [0.4, 0.5) is 0 Å². The molecule has 4 aliphatic rings. The first-order chi connectivity index (χ1) is 10.9. The predicted molar refractivity (Wildman–Crippen MR) is 88.8 cm³/mol. The van der Waals surface area contributed by atoms with Gasteiger partial charge in [-0.1, -0.05) is 48.5 Å². The quantitative estimate of drug-likeness (QED) is 0.779. The highest BCUT2D eigenvalue weighted by Crippen LogP contribution is 2.41. The Hall–Kier alpha value is -1.64. The number of rotatable bonds is 0. The molecule has 2 aliphatic heterocycles. The number of nitrogens with one attached hydrogen (secondary N) is 2. The lowest BCUT2D eigenvalue weighted by atomic mass is 9.93. The van der Waals surface area contributed by atoms with Gasteiger partial charge in [0.1, 0.15) is 0 Å². The van der Waals surface area contributed by atoms with Crippen LogP contribution in [0, 0.1) is 11.8 Å². The van der Waals surface area contributed by atoms with E-state index in [1.165, 1.54) is 25.9 Å². The van der Waals surface area contributed by atoms with Gasteiger partial charge in [-0.05, 0) is 46.9 Å². The first-order valence-electron chi connectivity index (χ1n) is 8.52. The van der Waals surface area contributed by atoms with Crippen LogP contribution in [-0.4, -0.2) is 13.1 Å². The molecule has 0 spiro atoms. The van der Waals surface area contributed by atoms with E-state index in [4.69, 9.17) is 0 Å². The van der Waals surface area contributed by atoms with E-state index in [0.29, 0.717) is 12.1 Å². The van der Waals surface area contributed by atoms with E-state index < -0.39 is 0 Å². The van der Waals surface area contributed by atoms with Gasteiger partial charge in [-0.15, -0.1) is 0 Å². The highest BCUT2D eigenvalue weighted by molar-refractivity contribution is 5.38. The molecule has 0 radical (unpaired) electrons. The maximum atomic E-state index is 3.46. The average molecular weight is 290 g/mol. The molecule has 6 rings (SSSR count). The molecular weight excluding hydrogens is 268 g/mol. The van der Waals surface area contributed by atoms with Crippen LogP contribution in [0.15, 0.2) is 48.5 Å². The minimum absolute atomic E-state index is 0.700. The van der Waals surface area contributed by atoms with Crippen molar-refractivity contribution < 1.29 is 0 Å². The molecule has 2 nitrogen and oxygen atoms in total. The second-order valence-electron chi connectivity index (χ2n) is 7.10. The maximum Gasteiger partial charge on any atom is 0.0366 e. The SMILES string of the molecule is c1ccc2c(c1)C[C@@H]1CN[C@H]21.c1ccc2c(c1)C[C@H]1CN[C@@H]21. The van der Waals surface area contributed by atoms with Crippen molar-refractivity contribution in [3.05, 3.63) is 70.8 Å². The van der Waals surface area contributed by atoms with Crippen molar-refractivity contribution in [1.82, 2.24) is 10.6 Å². The highest BCUT2D eigenvalue weighted by atomic mass is 15.0. The van der Waals surface area contributed by atoms with Crippen LogP contribution in [-0.2, 0) is 12.8 Å². The van der Waals surface area contributed by atoms with Crippen molar-refractivity contribution in [2.75, 3.05) is 13.1 Å². The fraction of sp³-hybridized carbons (Fsp3) is 0.400. The van der Waals surface area contributed by atoms with Gasteiger partial charge in [0, 0.05) is 25.2 Å². The Bertz CT molecular complexity index is 647. The van der Waals surface area contributed by atoms with Gasteiger partial charge in [0.25, 0.3) is 0 Å². The van der Waals surface area contributed by atoms with Gasteiger partial charge >= 0.3 is 0 Å². The molecular formula is C20H22N2. The third kappa shape index (κ3) is 1.87. The molecule has 0 unspecified atom stereocenters. The molecule has 2 fully saturated rings. The standard InChI is InChI=1S/2C10H11N/c2*1-2-4-9-7(3-1)5-8-6-11-10(8)9/h2*1-4,8,10-11H,5-6H2/t2*8-,10+/m10/s1. The van der Waals surface area contributed by atoms with Crippen LogP contribution >= 0.6 is 0 Å². The summed E-state index contributed by atoms with van der Waals surface area (Å²) in [5.74, 6) is 1.82. The Morgan fingerprint density at radius 1 is 0.636 bits per heavy atom. The summed E-state index contributed by atoms with van der Waals surface area (Å²) in [5, 5.41) is 6.93. The number of benzene rings is 2. The number of hydrogen-bond donors (Lipinski definition) is 2. The molecule has 2 aliphatic carbocycles. The van der Waals surface area contributed by atoms with E-state index in [-0.39, 0.29) is 0 Å². The predicted octanol–water partition coefficient (Wildman–Crippen LogP) is 3.01. The van der Waals surface area contributed by atoms with Crippen molar-refractivity contribution in [2.45, 2.75) is 24.9 Å². The lowest BCUT2D eigenvalue weighted by Crippen LogP contribution is -2.43. The molecule has 2 N–H and O–H groups in total. The van der Waals surface area contributed by atoms with Gasteiger partial charge in [-0.2, -0.15) is 0 Å². The van der Waals surface area contributed by atoms with Crippen molar-refractivity contribution in [3.63, 3.8) is 0 Å². The van der Waals surface area contributed by atoms with Gasteiger partial charge in [-0.25, -0.2) is 0 Å².